The van der Waals surface area contributed by atoms with Crippen molar-refractivity contribution in [2.24, 2.45) is 0 Å². The van der Waals surface area contributed by atoms with Crippen LogP contribution >= 0.6 is 11.6 Å². The second kappa shape index (κ2) is 4.99. The highest BCUT2D eigenvalue weighted by Crippen LogP contribution is 2.51. The molecule has 0 aliphatic carbocycles. The van der Waals surface area contributed by atoms with Gasteiger partial charge in [0.1, 0.15) is 5.76 Å². The zero-order chi connectivity index (χ0) is 15.9. The molecule has 1 unspecified atom stereocenters. The van der Waals surface area contributed by atoms with Crippen LogP contribution in [0.15, 0.2) is 47.1 Å². The predicted molar refractivity (Wildman–Crippen MR) is 64.2 cm³/mol. The lowest BCUT2D eigenvalue weighted by molar-refractivity contribution is -0.339. The SMILES string of the molecule is OC(c1cccc(Cl)c1)(c1ccco1)C(F)(F)C(F)(F)F. The summed E-state index contributed by atoms with van der Waals surface area (Å²) < 4.78 is 70.5. The van der Waals surface area contributed by atoms with Crippen LogP contribution in [0.3, 0.4) is 0 Å². The van der Waals surface area contributed by atoms with Crippen LogP contribution in [0.25, 0.3) is 0 Å². The second-order valence-corrected chi connectivity index (χ2v) is 4.71. The molecule has 1 aromatic carbocycles. The molecule has 21 heavy (non-hydrogen) atoms. The van der Waals surface area contributed by atoms with Crippen molar-refractivity contribution in [2.75, 3.05) is 0 Å². The largest absolute Gasteiger partial charge is 0.466 e. The first-order valence-electron chi connectivity index (χ1n) is 5.57. The molecular formula is C13H8ClF5O2. The Hall–Kier alpha value is -1.60. The maximum absolute atomic E-state index is 13.9. The van der Waals surface area contributed by atoms with Crippen LogP contribution in [0.4, 0.5) is 22.0 Å². The quantitative estimate of drug-likeness (QED) is 0.850. The van der Waals surface area contributed by atoms with E-state index >= 15 is 0 Å². The van der Waals surface area contributed by atoms with E-state index in [-0.39, 0.29) is 5.02 Å². The van der Waals surface area contributed by atoms with Gasteiger partial charge in [0, 0.05) is 5.02 Å². The molecule has 1 aromatic heterocycles. The summed E-state index contributed by atoms with van der Waals surface area (Å²) in [5, 5.41) is 10.1. The minimum absolute atomic E-state index is 0.101. The minimum Gasteiger partial charge on any atom is -0.466 e. The van der Waals surface area contributed by atoms with E-state index in [1.807, 2.05) is 0 Å². The fourth-order valence-corrected chi connectivity index (χ4v) is 2.07. The zero-order valence-electron chi connectivity index (χ0n) is 10.2. The van der Waals surface area contributed by atoms with Gasteiger partial charge in [0.25, 0.3) is 0 Å². The number of hydrogen-bond acceptors (Lipinski definition) is 2. The van der Waals surface area contributed by atoms with Crippen LogP contribution in [0.5, 0.6) is 0 Å². The van der Waals surface area contributed by atoms with Gasteiger partial charge in [-0.2, -0.15) is 22.0 Å². The van der Waals surface area contributed by atoms with Gasteiger partial charge in [0.15, 0.2) is 0 Å². The standard InChI is InChI=1S/C13H8ClF5O2/c14-9-4-1-3-8(7-9)11(20,10-5-2-6-21-10)12(15,16)13(17,18)19/h1-7,20H. The van der Waals surface area contributed by atoms with Crippen LogP contribution in [0.1, 0.15) is 11.3 Å². The summed E-state index contributed by atoms with van der Waals surface area (Å²) in [4.78, 5) is 0. The van der Waals surface area contributed by atoms with E-state index in [0.29, 0.717) is 0 Å². The monoisotopic (exact) mass is 326 g/mol. The molecule has 1 N–H and O–H groups in total. The molecule has 1 heterocycles. The van der Waals surface area contributed by atoms with E-state index in [2.05, 4.69) is 4.42 Å². The van der Waals surface area contributed by atoms with Gasteiger partial charge < -0.3 is 9.52 Å². The molecule has 2 nitrogen and oxygen atoms in total. The van der Waals surface area contributed by atoms with Gasteiger partial charge in [0.2, 0.25) is 5.60 Å². The van der Waals surface area contributed by atoms with Gasteiger partial charge in [-0.3, -0.25) is 0 Å². The van der Waals surface area contributed by atoms with Crippen molar-refractivity contribution in [3.05, 3.63) is 59.0 Å². The third-order valence-corrected chi connectivity index (χ3v) is 3.17. The Balaban J connectivity index is 2.73. The number of rotatable bonds is 3. The number of aliphatic hydroxyl groups is 1. The van der Waals surface area contributed by atoms with E-state index in [0.717, 1.165) is 36.6 Å². The number of alkyl halides is 5. The molecule has 0 fully saturated rings. The maximum Gasteiger partial charge on any atom is 0.457 e. The van der Waals surface area contributed by atoms with E-state index in [1.54, 1.807) is 0 Å². The van der Waals surface area contributed by atoms with Gasteiger partial charge in [-0.15, -0.1) is 0 Å². The summed E-state index contributed by atoms with van der Waals surface area (Å²) in [5.74, 6) is -6.42. The number of hydrogen-bond donors (Lipinski definition) is 1. The van der Waals surface area contributed by atoms with Crippen LogP contribution in [-0.4, -0.2) is 17.2 Å². The van der Waals surface area contributed by atoms with E-state index in [1.165, 1.54) is 6.07 Å². The Bertz CT molecular complexity index is 624. The maximum atomic E-state index is 13.9. The fourth-order valence-electron chi connectivity index (χ4n) is 1.88. The van der Waals surface area contributed by atoms with E-state index in [9.17, 15) is 27.1 Å². The predicted octanol–water partition coefficient (Wildman–Crippen LogP) is 4.37. The molecule has 114 valence electrons. The van der Waals surface area contributed by atoms with Crippen LogP contribution < -0.4 is 0 Å². The molecule has 0 aliphatic heterocycles. The smallest absolute Gasteiger partial charge is 0.457 e. The van der Waals surface area contributed by atoms with Gasteiger partial charge in [-0.1, -0.05) is 23.7 Å². The summed E-state index contributed by atoms with van der Waals surface area (Å²) in [7, 11) is 0. The number of halogens is 6. The number of benzene rings is 1. The first-order valence-corrected chi connectivity index (χ1v) is 5.95. The average Bonchev–Trinajstić information content (AvgIpc) is 2.90. The second-order valence-electron chi connectivity index (χ2n) is 4.27. The molecule has 0 amide bonds. The van der Waals surface area contributed by atoms with Crippen molar-refractivity contribution in [1.82, 2.24) is 0 Å². The molecular weight excluding hydrogens is 319 g/mol. The summed E-state index contributed by atoms with van der Waals surface area (Å²) >= 11 is 5.61. The Morgan fingerprint density at radius 3 is 2.14 bits per heavy atom. The lowest BCUT2D eigenvalue weighted by Crippen LogP contribution is -2.55. The minimum atomic E-state index is -5.99. The molecule has 0 saturated carbocycles. The Morgan fingerprint density at radius 2 is 1.67 bits per heavy atom. The van der Waals surface area contributed by atoms with Gasteiger partial charge in [-0.25, -0.2) is 0 Å². The summed E-state index contributed by atoms with van der Waals surface area (Å²) in [6.07, 6.45) is -5.10. The molecule has 0 bridgehead atoms. The zero-order valence-corrected chi connectivity index (χ0v) is 10.9. The van der Waals surface area contributed by atoms with Crippen molar-refractivity contribution in [2.45, 2.75) is 17.7 Å². The van der Waals surface area contributed by atoms with Gasteiger partial charge >= 0.3 is 12.1 Å². The Morgan fingerprint density at radius 1 is 1.00 bits per heavy atom. The van der Waals surface area contributed by atoms with Crippen molar-refractivity contribution >= 4 is 11.6 Å². The molecule has 0 spiro atoms. The van der Waals surface area contributed by atoms with Crippen LogP contribution in [-0.2, 0) is 5.60 Å². The lowest BCUT2D eigenvalue weighted by atomic mass is 9.84. The molecule has 0 radical (unpaired) electrons. The lowest BCUT2D eigenvalue weighted by Gasteiger charge is -2.35. The molecule has 2 aromatic rings. The molecule has 2 rings (SSSR count). The van der Waals surface area contributed by atoms with Crippen molar-refractivity contribution in [1.29, 1.82) is 0 Å². The van der Waals surface area contributed by atoms with E-state index < -0.39 is 29.0 Å². The van der Waals surface area contributed by atoms with Crippen molar-refractivity contribution in [3.8, 4) is 0 Å². The first-order chi connectivity index (χ1) is 9.60. The summed E-state index contributed by atoms with van der Waals surface area (Å²) in [6, 6.07) is 6.09. The summed E-state index contributed by atoms with van der Waals surface area (Å²) in [6.45, 7) is 0. The third-order valence-electron chi connectivity index (χ3n) is 2.93. The highest BCUT2D eigenvalue weighted by Gasteiger charge is 2.72. The van der Waals surface area contributed by atoms with Crippen molar-refractivity contribution < 1.29 is 31.5 Å². The molecule has 0 aliphatic rings. The highest BCUT2D eigenvalue weighted by molar-refractivity contribution is 6.30. The molecule has 0 saturated heterocycles. The number of furan rings is 1. The molecule has 1 atom stereocenters. The van der Waals surface area contributed by atoms with Gasteiger partial charge in [-0.05, 0) is 29.8 Å². The van der Waals surface area contributed by atoms with Crippen LogP contribution in [0, 0.1) is 0 Å². The summed E-state index contributed by atoms with van der Waals surface area (Å²) in [5.41, 5.74) is -4.45. The highest BCUT2D eigenvalue weighted by atomic mass is 35.5. The van der Waals surface area contributed by atoms with Crippen LogP contribution in [0.2, 0.25) is 5.02 Å². The average molecular weight is 327 g/mol. The van der Waals surface area contributed by atoms with E-state index in [4.69, 9.17) is 11.6 Å². The fraction of sp³-hybridized carbons (Fsp3) is 0.231. The van der Waals surface area contributed by atoms with Crippen molar-refractivity contribution in [3.63, 3.8) is 0 Å². The van der Waals surface area contributed by atoms with Gasteiger partial charge in [0.05, 0.1) is 6.26 Å². The normalized spacial score (nSPS) is 15.8. The Labute approximate surface area is 120 Å². The third kappa shape index (κ3) is 2.40. The first kappa shape index (κ1) is 15.8. The Kier molecular flexibility index (Phi) is 3.75. The molecule has 8 heteroatoms. The topological polar surface area (TPSA) is 33.4 Å².